The summed E-state index contributed by atoms with van der Waals surface area (Å²) in [4.78, 5) is 0.143. The Kier molecular flexibility index (Phi) is 4.81. The van der Waals surface area contributed by atoms with Gasteiger partial charge < -0.3 is 0 Å². The van der Waals surface area contributed by atoms with Crippen LogP contribution in [0.1, 0.15) is 31.2 Å². The van der Waals surface area contributed by atoms with Crippen LogP contribution in [0.25, 0.3) is 0 Å². The Morgan fingerprint density at radius 2 is 1.94 bits per heavy atom. The Bertz CT molecular complexity index is 389. The molecule has 0 spiro atoms. The van der Waals surface area contributed by atoms with Gasteiger partial charge in [0.25, 0.3) is 0 Å². The molecule has 1 aromatic rings. The summed E-state index contributed by atoms with van der Waals surface area (Å²) in [6, 6.07) is 8.06. The molecule has 0 heterocycles. The average Bonchev–Trinajstić information content (AvgIpc) is 2.31. The van der Waals surface area contributed by atoms with Gasteiger partial charge in [0.2, 0.25) is 5.92 Å². The molecule has 0 aliphatic heterocycles. The summed E-state index contributed by atoms with van der Waals surface area (Å²) in [5, 5.41) is 0. The van der Waals surface area contributed by atoms with Gasteiger partial charge in [-0.05, 0) is 42.9 Å². The molecule has 1 saturated carbocycles. The number of halogens is 4. The molecule has 0 N–H and O–H groups in total. The fraction of sp³-hybridized carbons (Fsp3) is 0.571. The van der Waals surface area contributed by atoms with Gasteiger partial charge in [0.1, 0.15) is 0 Å². The third-order valence-electron chi connectivity index (χ3n) is 3.53. The third kappa shape index (κ3) is 4.02. The van der Waals surface area contributed by atoms with Gasteiger partial charge in [0.05, 0.1) is 0 Å². The van der Waals surface area contributed by atoms with Crippen LogP contribution in [-0.4, -0.2) is 10.7 Å². The maximum atomic E-state index is 13.4. The topological polar surface area (TPSA) is 0 Å². The molecular formula is C14H16Br2F2. The normalized spacial score (nSPS) is 24.8. The van der Waals surface area contributed by atoms with Crippen LogP contribution >= 0.6 is 31.9 Å². The number of rotatable bonds is 3. The maximum Gasteiger partial charge on any atom is 0.248 e. The highest BCUT2D eigenvalue weighted by atomic mass is 79.9. The van der Waals surface area contributed by atoms with E-state index in [1.165, 1.54) is 5.56 Å². The summed E-state index contributed by atoms with van der Waals surface area (Å²) in [6.07, 6.45) is 2.44. The monoisotopic (exact) mass is 380 g/mol. The van der Waals surface area contributed by atoms with Gasteiger partial charge in [-0.3, -0.25) is 0 Å². The van der Waals surface area contributed by atoms with Gasteiger partial charge in [-0.1, -0.05) is 44.0 Å². The number of benzene rings is 1. The zero-order valence-electron chi connectivity index (χ0n) is 10.0. The minimum atomic E-state index is -2.46. The molecule has 0 saturated heterocycles. The molecule has 2 atom stereocenters. The second-order valence-electron chi connectivity index (χ2n) is 5.06. The minimum Gasteiger partial charge on any atom is -0.207 e. The number of alkyl halides is 3. The fourth-order valence-corrected chi connectivity index (χ4v) is 3.62. The highest BCUT2D eigenvalue weighted by Crippen LogP contribution is 2.40. The molecule has 4 heteroatoms. The first-order valence-corrected chi connectivity index (χ1v) is 7.93. The van der Waals surface area contributed by atoms with Crippen LogP contribution in [-0.2, 0) is 6.42 Å². The van der Waals surface area contributed by atoms with Crippen LogP contribution in [0.2, 0.25) is 0 Å². The van der Waals surface area contributed by atoms with Crippen molar-refractivity contribution in [1.29, 1.82) is 0 Å². The van der Waals surface area contributed by atoms with E-state index in [9.17, 15) is 8.78 Å². The minimum absolute atomic E-state index is 0.0272. The van der Waals surface area contributed by atoms with Crippen LogP contribution in [0.4, 0.5) is 8.78 Å². The predicted octanol–water partition coefficient (Wildman–Crippen LogP) is 5.58. The predicted molar refractivity (Wildman–Crippen MR) is 77.5 cm³/mol. The van der Waals surface area contributed by atoms with Crippen LogP contribution in [0.15, 0.2) is 28.7 Å². The van der Waals surface area contributed by atoms with E-state index >= 15 is 0 Å². The summed E-state index contributed by atoms with van der Waals surface area (Å²) in [6.45, 7) is 0. The summed E-state index contributed by atoms with van der Waals surface area (Å²) in [5.74, 6) is -2.38. The molecule has 0 bridgehead atoms. The standard InChI is InChI=1S/C14H16Br2F2/c15-12-5-3-10(4-6-12)8-13(16)11-2-1-7-14(17,18)9-11/h3-6,11,13H,1-2,7-9H2. The Hall–Kier alpha value is 0.0400. The Balaban J connectivity index is 1.95. The first-order valence-electron chi connectivity index (χ1n) is 6.23. The first-order chi connectivity index (χ1) is 8.46. The van der Waals surface area contributed by atoms with E-state index in [0.717, 1.165) is 17.3 Å². The van der Waals surface area contributed by atoms with E-state index in [-0.39, 0.29) is 23.6 Å². The van der Waals surface area contributed by atoms with Crippen LogP contribution < -0.4 is 0 Å². The van der Waals surface area contributed by atoms with E-state index in [1.54, 1.807) is 0 Å². The van der Waals surface area contributed by atoms with Crippen LogP contribution in [0.5, 0.6) is 0 Å². The van der Waals surface area contributed by atoms with Crippen molar-refractivity contribution in [2.75, 3.05) is 0 Å². The van der Waals surface area contributed by atoms with E-state index in [4.69, 9.17) is 0 Å². The quantitative estimate of drug-likeness (QED) is 0.599. The van der Waals surface area contributed by atoms with Gasteiger partial charge in [0, 0.05) is 22.1 Å². The third-order valence-corrected chi connectivity index (χ3v) is 5.13. The van der Waals surface area contributed by atoms with E-state index in [1.807, 2.05) is 24.3 Å². The van der Waals surface area contributed by atoms with E-state index < -0.39 is 5.92 Å². The zero-order valence-corrected chi connectivity index (χ0v) is 13.2. The molecule has 1 fully saturated rings. The maximum absolute atomic E-state index is 13.4. The lowest BCUT2D eigenvalue weighted by molar-refractivity contribution is -0.0522. The molecule has 0 radical (unpaired) electrons. The molecule has 0 nitrogen and oxygen atoms in total. The first kappa shape index (κ1) is 14.4. The lowest BCUT2D eigenvalue weighted by Crippen LogP contribution is -2.31. The molecular weight excluding hydrogens is 366 g/mol. The van der Waals surface area contributed by atoms with Crippen LogP contribution in [0, 0.1) is 5.92 Å². The highest BCUT2D eigenvalue weighted by molar-refractivity contribution is 9.10. The summed E-state index contributed by atoms with van der Waals surface area (Å²) in [5.41, 5.74) is 1.19. The van der Waals surface area contributed by atoms with Gasteiger partial charge in [-0.25, -0.2) is 8.78 Å². The zero-order chi connectivity index (χ0) is 13.2. The van der Waals surface area contributed by atoms with Crippen molar-refractivity contribution in [3.05, 3.63) is 34.3 Å². The molecule has 1 aliphatic rings. The largest absolute Gasteiger partial charge is 0.248 e. The summed E-state index contributed by atoms with van der Waals surface area (Å²) < 4.78 is 27.8. The van der Waals surface area contributed by atoms with Crippen molar-refractivity contribution in [3.63, 3.8) is 0 Å². The van der Waals surface area contributed by atoms with Gasteiger partial charge in [-0.2, -0.15) is 0 Å². The molecule has 18 heavy (non-hydrogen) atoms. The Labute approximate surface area is 123 Å². The van der Waals surface area contributed by atoms with Crippen molar-refractivity contribution in [2.24, 2.45) is 5.92 Å². The van der Waals surface area contributed by atoms with Crippen molar-refractivity contribution in [3.8, 4) is 0 Å². The lowest BCUT2D eigenvalue weighted by Gasteiger charge is -2.32. The summed E-state index contributed by atoms with van der Waals surface area (Å²) >= 11 is 6.99. The van der Waals surface area contributed by atoms with Crippen LogP contribution in [0.3, 0.4) is 0 Å². The van der Waals surface area contributed by atoms with Crippen molar-refractivity contribution < 1.29 is 8.78 Å². The highest BCUT2D eigenvalue weighted by Gasteiger charge is 2.38. The fourth-order valence-electron chi connectivity index (χ4n) is 2.53. The molecule has 2 unspecified atom stereocenters. The van der Waals surface area contributed by atoms with Gasteiger partial charge in [-0.15, -0.1) is 0 Å². The molecule has 1 aliphatic carbocycles. The molecule has 0 amide bonds. The number of hydrogen-bond donors (Lipinski definition) is 0. The molecule has 1 aromatic carbocycles. The Morgan fingerprint density at radius 3 is 2.56 bits per heavy atom. The van der Waals surface area contributed by atoms with Crippen molar-refractivity contribution in [2.45, 2.75) is 42.9 Å². The Morgan fingerprint density at radius 1 is 1.28 bits per heavy atom. The molecule has 2 rings (SSSR count). The van der Waals surface area contributed by atoms with Crippen molar-refractivity contribution in [1.82, 2.24) is 0 Å². The van der Waals surface area contributed by atoms with Gasteiger partial charge >= 0.3 is 0 Å². The second-order valence-corrected chi connectivity index (χ2v) is 7.15. The van der Waals surface area contributed by atoms with Crippen molar-refractivity contribution >= 4 is 31.9 Å². The van der Waals surface area contributed by atoms with E-state index in [2.05, 4.69) is 31.9 Å². The van der Waals surface area contributed by atoms with Gasteiger partial charge in [0.15, 0.2) is 0 Å². The second kappa shape index (κ2) is 6.00. The smallest absolute Gasteiger partial charge is 0.207 e. The lowest BCUT2D eigenvalue weighted by atomic mass is 9.83. The summed E-state index contributed by atoms with van der Waals surface area (Å²) in [7, 11) is 0. The SMILES string of the molecule is FC1(F)CCCC(C(Br)Cc2ccc(Br)cc2)C1. The van der Waals surface area contributed by atoms with E-state index in [0.29, 0.717) is 6.42 Å². The molecule has 0 aromatic heterocycles. The molecule has 100 valence electrons. The average molecular weight is 382 g/mol. The number of hydrogen-bond acceptors (Lipinski definition) is 0.